The van der Waals surface area contributed by atoms with Crippen molar-refractivity contribution < 1.29 is 9.59 Å². The zero-order chi connectivity index (χ0) is 25.2. The van der Waals surface area contributed by atoms with E-state index >= 15 is 0 Å². The highest BCUT2D eigenvalue weighted by atomic mass is 16.2. The van der Waals surface area contributed by atoms with Crippen molar-refractivity contribution in [3.63, 3.8) is 0 Å². The van der Waals surface area contributed by atoms with Crippen LogP contribution in [0.25, 0.3) is 22.5 Å². The molecule has 0 radical (unpaired) electrons. The molecule has 3 N–H and O–H groups in total. The summed E-state index contributed by atoms with van der Waals surface area (Å²) in [6.07, 6.45) is 6.17. The lowest BCUT2D eigenvalue weighted by Gasteiger charge is -2.26. The SMILES string of the molecule is O=C1Nc2ccccc2/C1=C(/Nc1ccc(-c2c[nH]cn2)cc1)c1ccc(CN2CCCCC2=O)cc1. The number of aromatic amines is 1. The molecule has 4 aromatic rings. The highest BCUT2D eigenvalue weighted by Gasteiger charge is 2.28. The number of likely N-dealkylation sites (tertiary alicyclic amines) is 1. The van der Waals surface area contributed by atoms with Crippen LogP contribution in [0.4, 0.5) is 11.4 Å². The Morgan fingerprint density at radius 2 is 1.76 bits per heavy atom. The summed E-state index contributed by atoms with van der Waals surface area (Å²) in [5.74, 6) is 0.0807. The standard InChI is InChI=1S/C30H27N5O2/c36-27-7-3-4-16-35(27)18-20-8-10-22(11-9-20)29(28-24-5-1-2-6-25(24)34-30(28)37)33-23-14-12-21(13-15-23)26-17-31-19-32-26/h1-2,5-6,8-15,17,19,33H,3-4,7,16,18H2,(H,31,32)(H,34,37)/b29-28-. The number of hydrogen-bond acceptors (Lipinski definition) is 4. The molecule has 1 aromatic heterocycles. The van der Waals surface area contributed by atoms with E-state index in [9.17, 15) is 9.59 Å². The van der Waals surface area contributed by atoms with Gasteiger partial charge in [-0.1, -0.05) is 54.6 Å². The van der Waals surface area contributed by atoms with E-state index in [0.717, 1.165) is 64.4 Å². The van der Waals surface area contributed by atoms with E-state index in [1.54, 1.807) is 6.33 Å². The molecule has 0 aliphatic carbocycles. The Labute approximate surface area is 215 Å². The number of carbonyl (C=O) groups excluding carboxylic acids is 2. The minimum Gasteiger partial charge on any atom is -0.354 e. The van der Waals surface area contributed by atoms with Crippen molar-refractivity contribution in [2.45, 2.75) is 25.8 Å². The summed E-state index contributed by atoms with van der Waals surface area (Å²) < 4.78 is 0. The minimum atomic E-state index is -0.139. The van der Waals surface area contributed by atoms with E-state index in [-0.39, 0.29) is 11.8 Å². The lowest BCUT2D eigenvalue weighted by atomic mass is 9.99. The highest BCUT2D eigenvalue weighted by molar-refractivity contribution is 6.37. The van der Waals surface area contributed by atoms with Crippen LogP contribution in [0.1, 0.15) is 36.0 Å². The van der Waals surface area contributed by atoms with Crippen molar-refractivity contribution in [1.82, 2.24) is 14.9 Å². The average Bonchev–Trinajstić information content (AvgIpc) is 3.57. The van der Waals surface area contributed by atoms with E-state index < -0.39 is 0 Å². The Morgan fingerprint density at radius 3 is 2.51 bits per heavy atom. The third-order valence-corrected chi connectivity index (χ3v) is 6.91. The monoisotopic (exact) mass is 489 g/mol. The van der Waals surface area contributed by atoms with Gasteiger partial charge in [0.1, 0.15) is 0 Å². The first kappa shape index (κ1) is 22.8. The molecule has 0 bridgehead atoms. The van der Waals surface area contributed by atoms with Crippen LogP contribution in [0.5, 0.6) is 0 Å². The van der Waals surface area contributed by atoms with E-state index in [0.29, 0.717) is 18.5 Å². The summed E-state index contributed by atoms with van der Waals surface area (Å²) in [4.78, 5) is 34.6. The quantitative estimate of drug-likeness (QED) is 0.311. The van der Waals surface area contributed by atoms with Crippen LogP contribution >= 0.6 is 0 Å². The number of hydrogen-bond donors (Lipinski definition) is 3. The summed E-state index contributed by atoms with van der Waals surface area (Å²) >= 11 is 0. The molecular formula is C30H27N5O2. The molecule has 0 atom stereocenters. The normalized spacial score (nSPS) is 16.4. The fourth-order valence-electron chi connectivity index (χ4n) is 4.96. The molecular weight excluding hydrogens is 462 g/mol. The second-order valence-electron chi connectivity index (χ2n) is 9.38. The van der Waals surface area contributed by atoms with Crippen molar-refractivity contribution in [3.05, 3.63) is 102 Å². The van der Waals surface area contributed by atoms with E-state index in [1.807, 2.05) is 83.9 Å². The van der Waals surface area contributed by atoms with Gasteiger partial charge in [-0.05, 0) is 42.2 Å². The summed E-state index contributed by atoms with van der Waals surface area (Å²) in [5.41, 5.74) is 7.71. The van der Waals surface area contributed by atoms with Crippen LogP contribution in [0.15, 0.2) is 85.3 Å². The number of carbonyl (C=O) groups is 2. The molecule has 184 valence electrons. The van der Waals surface area contributed by atoms with Crippen LogP contribution < -0.4 is 10.6 Å². The average molecular weight is 490 g/mol. The van der Waals surface area contributed by atoms with Gasteiger partial charge < -0.3 is 20.5 Å². The predicted molar refractivity (Wildman–Crippen MR) is 145 cm³/mol. The van der Waals surface area contributed by atoms with Gasteiger partial charge in [0.05, 0.1) is 23.3 Å². The maximum Gasteiger partial charge on any atom is 0.258 e. The molecule has 7 heteroatoms. The Kier molecular flexibility index (Phi) is 6.02. The molecule has 0 saturated carbocycles. The van der Waals surface area contributed by atoms with E-state index in [2.05, 4.69) is 20.6 Å². The molecule has 6 rings (SSSR count). The predicted octanol–water partition coefficient (Wildman–Crippen LogP) is 5.52. The van der Waals surface area contributed by atoms with Crippen molar-refractivity contribution in [3.8, 4) is 11.3 Å². The Morgan fingerprint density at radius 1 is 0.946 bits per heavy atom. The van der Waals surface area contributed by atoms with Gasteiger partial charge in [0.25, 0.3) is 5.91 Å². The molecule has 7 nitrogen and oxygen atoms in total. The zero-order valence-electron chi connectivity index (χ0n) is 20.3. The van der Waals surface area contributed by atoms with Crippen LogP contribution in [0, 0.1) is 0 Å². The van der Waals surface area contributed by atoms with Gasteiger partial charge in [0, 0.05) is 48.2 Å². The fourth-order valence-corrected chi connectivity index (χ4v) is 4.96. The van der Waals surface area contributed by atoms with E-state index in [1.165, 1.54) is 0 Å². The zero-order valence-corrected chi connectivity index (χ0v) is 20.3. The topological polar surface area (TPSA) is 90.1 Å². The smallest absolute Gasteiger partial charge is 0.258 e. The molecule has 2 amide bonds. The number of anilines is 2. The maximum atomic E-state index is 13.1. The molecule has 1 fully saturated rings. The summed E-state index contributed by atoms with van der Waals surface area (Å²) in [6.45, 7) is 1.42. The molecule has 3 aromatic carbocycles. The number of H-pyrrole nitrogens is 1. The largest absolute Gasteiger partial charge is 0.354 e. The summed E-state index contributed by atoms with van der Waals surface area (Å²) in [7, 11) is 0. The fraction of sp³-hybridized carbons (Fsp3) is 0.167. The molecule has 0 unspecified atom stereocenters. The number of rotatable bonds is 6. The molecule has 0 spiro atoms. The van der Waals surface area contributed by atoms with Gasteiger partial charge in [-0.3, -0.25) is 9.59 Å². The first-order valence-electron chi connectivity index (χ1n) is 12.5. The Hall–Kier alpha value is -4.65. The number of para-hydroxylation sites is 1. The van der Waals surface area contributed by atoms with Gasteiger partial charge in [0.2, 0.25) is 5.91 Å². The number of imidazole rings is 1. The highest BCUT2D eigenvalue weighted by Crippen LogP contribution is 2.37. The molecule has 37 heavy (non-hydrogen) atoms. The van der Waals surface area contributed by atoms with Gasteiger partial charge >= 0.3 is 0 Å². The summed E-state index contributed by atoms with van der Waals surface area (Å²) in [6, 6.07) is 23.8. The van der Waals surface area contributed by atoms with Gasteiger partial charge in [-0.25, -0.2) is 4.98 Å². The second-order valence-corrected chi connectivity index (χ2v) is 9.38. The lowest BCUT2D eigenvalue weighted by Crippen LogP contribution is -2.34. The Balaban J connectivity index is 1.35. The van der Waals surface area contributed by atoms with Gasteiger partial charge in [-0.2, -0.15) is 0 Å². The number of piperidine rings is 1. The van der Waals surface area contributed by atoms with Crippen molar-refractivity contribution in [2.24, 2.45) is 0 Å². The number of benzene rings is 3. The number of nitrogens with zero attached hydrogens (tertiary/aromatic N) is 2. The van der Waals surface area contributed by atoms with Crippen molar-refractivity contribution in [1.29, 1.82) is 0 Å². The van der Waals surface area contributed by atoms with Gasteiger partial charge in [-0.15, -0.1) is 0 Å². The maximum absolute atomic E-state index is 13.1. The molecule has 2 aliphatic heterocycles. The number of amides is 2. The van der Waals surface area contributed by atoms with Crippen molar-refractivity contribution >= 4 is 34.5 Å². The van der Waals surface area contributed by atoms with Crippen LogP contribution in [0.3, 0.4) is 0 Å². The summed E-state index contributed by atoms with van der Waals surface area (Å²) in [5, 5.41) is 6.50. The third kappa shape index (κ3) is 4.63. The number of fused-ring (bicyclic) bond motifs is 1. The van der Waals surface area contributed by atoms with Crippen LogP contribution in [0.2, 0.25) is 0 Å². The first-order valence-corrected chi connectivity index (χ1v) is 12.5. The number of nitrogens with one attached hydrogen (secondary N) is 3. The van der Waals surface area contributed by atoms with Crippen LogP contribution in [-0.4, -0.2) is 33.2 Å². The molecule has 3 heterocycles. The van der Waals surface area contributed by atoms with E-state index in [4.69, 9.17) is 0 Å². The molecule has 2 aliphatic rings. The third-order valence-electron chi connectivity index (χ3n) is 6.91. The van der Waals surface area contributed by atoms with Crippen LogP contribution in [-0.2, 0) is 16.1 Å². The minimum absolute atomic E-state index is 0.139. The van der Waals surface area contributed by atoms with Crippen molar-refractivity contribution in [2.75, 3.05) is 17.2 Å². The lowest BCUT2D eigenvalue weighted by molar-refractivity contribution is -0.133. The molecule has 1 saturated heterocycles. The first-order chi connectivity index (χ1) is 18.2. The Bertz CT molecular complexity index is 1470. The van der Waals surface area contributed by atoms with Gasteiger partial charge in [0.15, 0.2) is 0 Å². The second kappa shape index (κ2) is 9.78. The number of aromatic nitrogens is 2.